The molecule has 0 aliphatic carbocycles. The molecule has 0 spiro atoms. The second-order valence-corrected chi connectivity index (χ2v) is 4.76. The van der Waals surface area contributed by atoms with Crippen LogP contribution in [0.25, 0.3) is 0 Å². The van der Waals surface area contributed by atoms with Crippen molar-refractivity contribution in [3.05, 3.63) is 61.1 Å². The normalized spacial score (nSPS) is 10.0. The maximum atomic E-state index is 5.15. The molecular weight excluding hydrogens is 248 g/mol. The summed E-state index contributed by atoms with van der Waals surface area (Å²) in [7, 11) is 0. The molecule has 2 heteroatoms. The number of hydrogen-bond donors (Lipinski definition) is 0. The van der Waals surface area contributed by atoms with Gasteiger partial charge >= 0.3 is 0 Å². The fourth-order valence-electron chi connectivity index (χ4n) is 2.21. The van der Waals surface area contributed by atoms with E-state index in [9.17, 15) is 0 Å². The second-order valence-electron chi connectivity index (χ2n) is 4.76. The Bertz CT molecular complexity index is 348. The Labute approximate surface area is 123 Å². The molecule has 0 aliphatic heterocycles. The van der Waals surface area contributed by atoms with E-state index in [2.05, 4.69) is 37.4 Å². The average molecular weight is 274 g/mol. The molecule has 0 saturated heterocycles. The van der Waals surface area contributed by atoms with Gasteiger partial charge in [-0.3, -0.25) is 0 Å². The molecule has 1 aromatic rings. The molecule has 20 heavy (non-hydrogen) atoms. The van der Waals surface area contributed by atoms with E-state index in [1.807, 2.05) is 0 Å². The predicted octanol–water partition coefficient (Wildman–Crippen LogP) is 4.65. The maximum absolute atomic E-state index is 5.15. The zero-order valence-corrected chi connectivity index (χ0v) is 12.4. The number of aryl methyl sites for hydroxylation is 2. The lowest BCUT2D eigenvalue weighted by atomic mass is 9.98. The summed E-state index contributed by atoms with van der Waals surface area (Å²) < 4.78 is 10.3. The standard InChI is InChI=1S/C18H26O2/c1-3-19-15-9-7-13-17-11-5-6-12-18(17)14-8-10-16-20-4-2/h3-6,11-12H,1-2,7-10,13-16H2. The first-order valence-electron chi connectivity index (χ1n) is 7.40. The molecule has 0 unspecified atom stereocenters. The van der Waals surface area contributed by atoms with Crippen LogP contribution in [0.5, 0.6) is 0 Å². The highest BCUT2D eigenvalue weighted by Crippen LogP contribution is 2.15. The van der Waals surface area contributed by atoms with E-state index in [0.29, 0.717) is 0 Å². The van der Waals surface area contributed by atoms with Gasteiger partial charge in [0.2, 0.25) is 0 Å². The number of hydrogen-bond acceptors (Lipinski definition) is 2. The zero-order valence-electron chi connectivity index (χ0n) is 12.4. The average Bonchev–Trinajstić information content (AvgIpc) is 2.48. The van der Waals surface area contributed by atoms with Gasteiger partial charge in [-0.15, -0.1) is 0 Å². The summed E-state index contributed by atoms with van der Waals surface area (Å²) in [6.07, 6.45) is 9.74. The van der Waals surface area contributed by atoms with Gasteiger partial charge in [-0.1, -0.05) is 37.4 Å². The summed E-state index contributed by atoms with van der Waals surface area (Å²) in [4.78, 5) is 0. The minimum Gasteiger partial charge on any atom is -0.502 e. The number of rotatable bonds is 12. The second kappa shape index (κ2) is 11.2. The molecule has 1 rings (SSSR count). The van der Waals surface area contributed by atoms with Crippen molar-refractivity contribution in [2.45, 2.75) is 38.5 Å². The van der Waals surface area contributed by atoms with Crippen LogP contribution in [-0.4, -0.2) is 13.2 Å². The fourth-order valence-corrected chi connectivity index (χ4v) is 2.21. The summed E-state index contributed by atoms with van der Waals surface area (Å²) in [6, 6.07) is 8.73. The maximum Gasteiger partial charge on any atom is 0.0873 e. The molecule has 0 aromatic heterocycles. The van der Waals surface area contributed by atoms with Gasteiger partial charge in [0, 0.05) is 0 Å². The van der Waals surface area contributed by atoms with E-state index in [4.69, 9.17) is 9.47 Å². The molecule has 0 heterocycles. The van der Waals surface area contributed by atoms with Crippen molar-refractivity contribution >= 4 is 0 Å². The Kier molecular flexibility index (Phi) is 9.12. The molecule has 0 saturated carbocycles. The highest BCUT2D eigenvalue weighted by Gasteiger charge is 2.02. The van der Waals surface area contributed by atoms with Crippen LogP contribution in [0, 0.1) is 0 Å². The van der Waals surface area contributed by atoms with Crippen molar-refractivity contribution in [3.8, 4) is 0 Å². The molecule has 0 bridgehead atoms. The van der Waals surface area contributed by atoms with Crippen molar-refractivity contribution in [1.82, 2.24) is 0 Å². The van der Waals surface area contributed by atoms with Gasteiger partial charge in [0.25, 0.3) is 0 Å². The Morgan fingerprint density at radius 2 is 1.20 bits per heavy atom. The smallest absolute Gasteiger partial charge is 0.0873 e. The van der Waals surface area contributed by atoms with E-state index >= 15 is 0 Å². The quantitative estimate of drug-likeness (QED) is 0.408. The van der Waals surface area contributed by atoms with Crippen LogP contribution in [0.4, 0.5) is 0 Å². The van der Waals surface area contributed by atoms with Crippen molar-refractivity contribution in [2.75, 3.05) is 13.2 Å². The number of benzene rings is 1. The summed E-state index contributed by atoms with van der Waals surface area (Å²) in [5, 5.41) is 0. The Morgan fingerprint density at radius 1 is 0.750 bits per heavy atom. The van der Waals surface area contributed by atoms with E-state index in [-0.39, 0.29) is 0 Å². The Morgan fingerprint density at radius 3 is 1.60 bits per heavy atom. The van der Waals surface area contributed by atoms with Crippen molar-refractivity contribution < 1.29 is 9.47 Å². The minimum atomic E-state index is 0.768. The Hall–Kier alpha value is -1.70. The summed E-state index contributed by atoms with van der Waals surface area (Å²) in [5.74, 6) is 0. The highest BCUT2D eigenvalue weighted by molar-refractivity contribution is 5.27. The lowest BCUT2D eigenvalue weighted by Gasteiger charge is -2.09. The van der Waals surface area contributed by atoms with Gasteiger partial charge in [-0.05, 0) is 49.7 Å². The van der Waals surface area contributed by atoms with Crippen LogP contribution < -0.4 is 0 Å². The topological polar surface area (TPSA) is 18.5 Å². The fraction of sp³-hybridized carbons (Fsp3) is 0.444. The summed E-state index contributed by atoms with van der Waals surface area (Å²) in [5.41, 5.74) is 2.94. The molecular formula is C18H26O2. The summed E-state index contributed by atoms with van der Waals surface area (Å²) >= 11 is 0. The third kappa shape index (κ3) is 7.03. The van der Waals surface area contributed by atoms with E-state index in [1.54, 1.807) is 0 Å². The summed E-state index contributed by atoms with van der Waals surface area (Å²) in [6.45, 7) is 8.63. The van der Waals surface area contributed by atoms with Crippen molar-refractivity contribution in [2.24, 2.45) is 0 Å². The van der Waals surface area contributed by atoms with Gasteiger partial charge < -0.3 is 9.47 Å². The van der Waals surface area contributed by atoms with Crippen LogP contribution in [-0.2, 0) is 22.3 Å². The lowest BCUT2D eigenvalue weighted by molar-refractivity contribution is 0.242. The molecule has 0 atom stereocenters. The van der Waals surface area contributed by atoms with E-state index in [1.165, 1.54) is 23.7 Å². The molecule has 0 N–H and O–H groups in total. The van der Waals surface area contributed by atoms with Gasteiger partial charge in [0.15, 0.2) is 0 Å². The third-order valence-corrected chi connectivity index (χ3v) is 3.27. The van der Waals surface area contributed by atoms with Gasteiger partial charge in [0.05, 0.1) is 25.7 Å². The van der Waals surface area contributed by atoms with Crippen molar-refractivity contribution in [3.63, 3.8) is 0 Å². The largest absolute Gasteiger partial charge is 0.502 e. The lowest BCUT2D eigenvalue weighted by Crippen LogP contribution is -1.97. The number of ether oxygens (including phenoxy) is 2. The van der Waals surface area contributed by atoms with E-state index < -0.39 is 0 Å². The molecule has 0 aliphatic rings. The first-order valence-corrected chi connectivity index (χ1v) is 7.40. The first-order chi connectivity index (χ1) is 9.88. The van der Waals surface area contributed by atoms with Crippen LogP contribution in [0.2, 0.25) is 0 Å². The number of unbranched alkanes of at least 4 members (excludes halogenated alkanes) is 2. The van der Waals surface area contributed by atoms with Crippen LogP contribution >= 0.6 is 0 Å². The van der Waals surface area contributed by atoms with Crippen LogP contribution in [0.15, 0.2) is 49.9 Å². The monoisotopic (exact) mass is 274 g/mol. The van der Waals surface area contributed by atoms with E-state index in [0.717, 1.165) is 51.7 Å². The predicted molar refractivity (Wildman–Crippen MR) is 84.6 cm³/mol. The third-order valence-electron chi connectivity index (χ3n) is 3.27. The molecule has 110 valence electrons. The van der Waals surface area contributed by atoms with Crippen molar-refractivity contribution in [1.29, 1.82) is 0 Å². The SMILES string of the molecule is C=COCCCCc1ccccc1CCCCOC=C. The highest BCUT2D eigenvalue weighted by atomic mass is 16.5. The molecule has 1 aromatic carbocycles. The van der Waals surface area contributed by atoms with Crippen LogP contribution in [0.1, 0.15) is 36.8 Å². The molecule has 0 radical (unpaired) electrons. The zero-order chi connectivity index (χ0) is 14.5. The molecule has 0 amide bonds. The van der Waals surface area contributed by atoms with Gasteiger partial charge in [0.1, 0.15) is 0 Å². The molecule has 2 nitrogen and oxygen atoms in total. The van der Waals surface area contributed by atoms with Crippen LogP contribution in [0.3, 0.4) is 0 Å². The van der Waals surface area contributed by atoms with Gasteiger partial charge in [-0.2, -0.15) is 0 Å². The Balaban J connectivity index is 2.30. The first kappa shape index (κ1) is 16.4. The van der Waals surface area contributed by atoms with Gasteiger partial charge in [-0.25, -0.2) is 0 Å². The minimum absolute atomic E-state index is 0.768. The molecule has 0 fully saturated rings.